The fourth-order valence-electron chi connectivity index (χ4n) is 3.88. The maximum absolute atomic E-state index is 12.6. The molecule has 1 rings (SSSR count). The van der Waals surface area contributed by atoms with Gasteiger partial charge >= 0.3 is 0 Å². The van der Waals surface area contributed by atoms with E-state index in [2.05, 4.69) is 22.9 Å². The summed E-state index contributed by atoms with van der Waals surface area (Å²) in [5, 5.41) is 0.832. The Kier molecular flexibility index (Phi) is 18.5. The zero-order chi connectivity index (χ0) is 21.7. The number of ether oxygens (including phenoxy) is 1. The third kappa shape index (κ3) is 14.4. The van der Waals surface area contributed by atoms with E-state index in [0.717, 1.165) is 30.3 Å². The molecule has 0 fully saturated rings. The third-order valence-electron chi connectivity index (χ3n) is 5.85. The molecule has 1 aromatic rings. The lowest BCUT2D eigenvalue weighted by Crippen LogP contribution is -2.21. The molecule has 0 aliphatic carbocycles. The monoisotopic (exact) mass is 480 g/mol. The summed E-state index contributed by atoms with van der Waals surface area (Å²) in [6, 6.07) is 9.60. The molecule has 0 amide bonds. The van der Waals surface area contributed by atoms with Crippen molar-refractivity contribution in [3.05, 3.63) is 35.9 Å². The molecule has 0 radical (unpaired) electrons. The molecule has 0 saturated heterocycles. The fraction of sp³-hybridized carbons (Fsp3) is 0.741. The van der Waals surface area contributed by atoms with Crippen LogP contribution in [0.2, 0.25) is 0 Å². The van der Waals surface area contributed by atoms with Crippen molar-refractivity contribution in [2.75, 3.05) is 18.5 Å². The number of carbonyl (C=O) groups is 1. The molecule has 0 aliphatic heterocycles. The standard InChI is InChI=1S/C27H45BrO2/c1-2-3-4-5-6-7-8-9-10-11-12-13-14-18-23-30-24-26(21-22-28)27(29)25-19-16-15-17-20-25/h15-17,19-20,26H,2-14,18,21-24H2,1H3. The van der Waals surface area contributed by atoms with Crippen LogP contribution in [0.25, 0.3) is 0 Å². The van der Waals surface area contributed by atoms with Crippen LogP contribution in [0.4, 0.5) is 0 Å². The first-order valence-electron chi connectivity index (χ1n) is 12.5. The summed E-state index contributed by atoms with van der Waals surface area (Å²) in [5.74, 6) is 0.162. The van der Waals surface area contributed by atoms with Crippen LogP contribution in [0.3, 0.4) is 0 Å². The minimum absolute atomic E-state index is 0.0431. The van der Waals surface area contributed by atoms with Crippen molar-refractivity contribution < 1.29 is 9.53 Å². The van der Waals surface area contributed by atoms with Crippen molar-refractivity contribution in [2.24, 2.45) is 5.92 Å². The van der Waals surface area contributed by atoms with Crippen LogP contribution in [0.5, 0.6) is 0 Å². The molecule has 1 aromatic carbocycles. The molecule has 0 N–H and O–H groups in total. The van der Waals surface area contributed by atoms with Crippen molar-refractivity contribution in [2.45, 2.75) is 103 Å². The Morgan fingerprint density at radius 1 is 0.800 bits per heavy atom. The van der Waals surface area contributed by atoms with Gasteiger partial charge in [-0.15, -0.1) is 0 Å². The van der Waals surface area contributed by atoms with Gasteiger partial charge in [0.25, 0.3) is 0 Å². The van der Waals surface area contributed by atoms with Crippen molar-refractivity contribution in [1.82, 2.24) is 0 Å². The summed E-state index contributed by atoms with van der Waals surface area (Å²) in [7, 11) is 0. The molecule has 0 spiro atoms. The molecule has 0 saturated carbocycles. The normalized spacial score (nSPS) is 12.2. The van der Waals surface area contributed by atoms with Gasteiger partial charge in [-0.2, -0.15) is 0 Å². The number of alkyl halides is 1. The number of carbonyl (C=O) groups excluding carboxylic acids is 1. The van der Waals surface area contributed by atoms with Crippen molar-refractivity contribution >= 4 is 21.7 Å². The van der Waals surface area contributed by atoms with Crippen LogP contribution in [-0.2, 0) is 4.74 Å². The smallest absolute Gasteiger partial charge is 0.168 e. The van der Waals surface area contributed by atoms with Crippen LogP contribution < -0.4 is 0 Å². The zero-order valence-corrected chi connectivity index (χ0v) is 21.0. The quantitative estimate of drug-likeness (QED) is 0.0996. The third-order valence-corrected chi connectivity index (χ3v) is 6.31. The number of ketones is 1. The zero-order valence-electron chi connectivity index (χ0n) is 19.4. The first-order valence-corrected chi connectivity index (χ1v) is 13.6. The van der Waals surface area contributed by atoms with E-state index in [0.29, 0.717) is 6.61 Å². The maximum Gasteiger partial charge on any atom is 0.168 e. The minimum Gasteiger partial charge on any atom is -0.381 e. The molecule has 0 aliphatic rings. The van der Waals surface area contributed by atoms with Gasteiger partial charge in [0.1, 0.15) is 0 Å². The average molecular weight is 482 g/mol. The second-order valence-electron chi connectivity index (χ2n) is 8.58. The largest absolute Gasteiger partial charge is 0.381 e. The molecular formula is C27H45BrO2. The maximum atomic E-state index is 12.6. The highest BCUT2D eigenvalue weighted by Crippen LogP contribution is 2.16. The van der Waals surface area contributed by atoms with Gasteiger partial charge < -0.3 is 4.74 Å². The Bertz CT molecular complexity index is 503. The average Bonchev–Trinajstić information content (AvgIpc) is 2.78. The van der Waals surface area contributed by atoms with Gasteiger partial charge in [0.15, 0.2) is 5.78 Å². The molecule has 172 valence electrons. The van der Waals surface area contributed by atoms with Crippen molar-refractivity contribution in [3.8, 4) is 0 Å². The Balaban J connectivity index is 1.94. The molecule has 0 aromatic heterocycles. The molecule has 0 bridgehead atoms. The lowest BCUT2D eigenvalue weighted by Gasteiger charge is -2.15. The highest BCUT2D eigenvalue weighted by atomic mass is 79.9. The van der Waals surface area contributed by atoms with E-state index in [-0.39, 0.29) is 11.7 Å². The van der Waals surface area contributed by atoms with E-state index in [1.54, 1.807) is 0 Å². The summed E-state index contributed by atoms with van der Waals surface area (Å²) in [5.41, 5.74) is 0.795. The predicted molar refractivity (Wildman–Crippen MR) is 134 cm³/mol. The molecule has 3 heteroatoms. The van der Waals surface area contributed by atoms with E-state index >= 15 is 0 Å². The lowest BCUT2D eigenvalue weighted by atomic mass is 9.96. The highest BCUT2D eigenvalue weighted by molar-refractivity contribution is 9.09. The van der Waals surface area contributed by atoms with E-state index in [9.17, 15) is 4.79 Å². The Labute approximate surface area is 194 Å². The lowest BCUT2D eigenvalue weighted by molar-refractivity contribution is 0.0687. The molecular weight excluding hydrogens is 436 g/mol. The molecule has 30 heavy (non-hydrogen) atoms. The predicted octanol–water partition coefficient (Wildman–Crippen LogP) is 8.77. The van der Waals surface area contributed by atoms with Gasteiger partial charge in [0.2, 0.25) is 0 Å². The number of unbranched alkanes of at least 4 members (excludes halogenated alkanes) is 13. The number of benzene rings is 1. The highest BCUT2D eigenvalue weighted by Gasteiger charge is 2.19. The van der Waals surface area contributed by atoms with Gasteiger partial charge in [-0.05, 0) is 12.8 Å². The van der Waals surface area contributed by atoms with Gasteiger partial charge in [0, 0.05) is 23.4 Å². The van der Waals surface area contributed by atoms with Crippen molar-refractivity contribution in [1.29, 1.82) is 0 Å². The van der Waals surface area contributed by atoms with E-state index < -0.39 is 0 Å². The summed E-state index contributed by atoms with van der Waals surface area (Å²) < 4.78 is 5.86. The first kappa shape index (κ1) is 27.4. The fourth-order valence-corrected chi connectivity index (χ4v) is 4.44. The van der Waals surface area contributed by atoms with E-state index in [1.807, 2.05) is 30.3 Å². The van der Waals surface area contributed by atoms with E-state index in [4.69, 9.17) is 4.74 Å². The summed E-state index contributed by atoms with van der Waals surface area (Å²) in [6.45, 7) is 3.60. The Morgan fingerprint density at radius 2 is 1.30 bits per heavy atom. The van der Waals surface area contributed by atoms with Crippen LogP contribution in [0.15, 0.2) is 30.3 Å². The van der Waals surface area contributed by atoms with E-state index in [1.165, 1.54) is 83.5 Å². The Hall–Kier alpha value is -0.670. The minimum atomic E-state index is -0.0431. The van der Waals surface area contributed by atoms with Crippen molar-refractivity contribution in [3.63, 3.8) is 0 Å². The molecule has 1 unspecified atom stereocenters. The summed E-state index contributed by atoms with van der Waals surface area (Å²) >= 11 is 3.47. The summed E-state index contributed by atoms with van der Waals surface area (Å²) in [6.07, 6.45) is 20.0. The van der Waals surface area contributed by atoms with Gasteiger partial charge in [-0.1, -0.05) is 137 Å². The topological polar surface area (TPSA) is 26.3 Å². The van der Waals surface area contributed by atoms with Gasteiger partial charge in [-0.3, -0.25) is 4.79 Å². The number of Topliss-reactive ketones (excluding diaryl/α,β-unsaturated/α-hetero) is 1. The summed E-state index contributed by atoms with van der Waals surface area (Å²) in [4.78, 5) is 12.6. The van der Waals surface area contributed by atoms with Crippen LogP contribution in [0.1, 0.15) is 114 Å². The SMILES string of the molecule is CCCCCCCCCCCCCCCCOCC(CCBr)C(=O)c1ccccc1. The van der Waals surface area contributed by atoms with Gasteiger partial charge in [0.05, 0.1) is 6.61 Å². The second-order valence-corrected chi connectivity index (χ2v) is 9.37. The molecule has 2 nitrogen and oxygen atoms in total. The Morgan fingerprint density at radius 3 is 1.80 bits per heavy atom. The molecule has 0 heterocycles. The molecule has 1 atom stereocenters. The number of rotatable bonds is 21. The van der Waals surface area contributed by atoms with Crippen LogP contribution >= 0.6 is 15.9 Å². The number of hydrogen-bond donors (Lipinski definition) is 0. The van der Waals surface area contributed by atoms with Crippen LogP contribution in [-0.4, -0.2) is 24.3 Å². The number of hydrogen-bond acceptors (Lipinski definition) is 2. The number of halogens is 1. The van der Waals surface area contributed by atoms with Crippen LogP contribution in [0, 0.1) is 5.92 Å². The van der Waals surface area contributed by atoms with Gasteiger partial charge in [-0.25, -0.2) is 0 Å². The second kappa shape index (κ2) is 20.2. The first-order chi connectivity index (χ1) is 14.8.